The minimum atomic E-state index is -1.48. The van der Waals surface area contributed by atoms with Crippen molar-refractivity contribution in [1.82, 2.24) is 9.97 Å². The molecule has 0 amide bonds. The van der Waals surface area contributed by atoms with E-state index < -0.39 is 23.9 Å². The van der Waals surface area contributed by atoms with Crippen LogP contribution in [0.4, 0.5) is 5.82 Å². The summed E-state index contributed by atoms with van der Waals surface area (Å²) in [6.07, 6.45) is 2.29. The van der Waals surface area contributed by atoms with Crippen molar-refractivity contribution in [2.75, 3.05) is 12.3 Å². The van der Waals surface area contributed by atoms with Gasteiger partial charge in [-0.2, -0.15) is 0 Å². The first-order valence-corrected chi connectivity index (χ1v) is 6.42. The number of anilines is 1. The molecular formula is C13H17N3O4. The van der Waals surface area contributed by atoms with Crippen LogP contribution in [-0.4, -0.2) is 55.8 Å². The lowest BCUT2D eigenvalue weighted by Gasteiger charge is -2.30. The molecule has 1 aromatic heterocycles. The van der Waals surface area contributed by atoms with Crippen molar-refractivity contribution >= 4 is 11.9 Å². The van der Waals surface area contributed by atoms with E-state index in [-0.39, 0.29) is 12.5 Å². The average Bonchev–Trinajstić information content (AvgIpc) is 2.92. The molecule has 1 saturated heterocycles. The highest BCUT2D eigenvalue weighted by molar-refractivity contribution is 5.69. The molecule has 0 bridgehead atoms. The van der Waals surface area contributed by atoms with Crippen LogP contribution in [0.5, 0.6) is 0 Å². The van der Waals surface area contributed by atoms with Gasteiger partial charge < -0.3 is 25.8 Å². The van der Waals surface area contributed by atoms with Crippen molar-refractivity contribution in [3.63, 3.8) is 0 Å². The summed E-state index contributed by atoms with van der Waals surface area (Å²) in [6, 6.07) is 0. The first kappa shape index (κ1) is 13.4. The number of nitrogens with two attached hydrogens (primary N) is 1. The third-order valence-corrected chi connectivity index (χ3v) is 4.09. The molecule has 7 heteroatoms. The molecule has 2 aliphatic rings. The Kier molecular flexibility index (Phi) is 3.02. The van der Waals surface area contributed by atoms with E-state index >= 15 is 0 Å². The lowest BCUT2D eigenvalue weighted by atomic mass is 9.84. The van der Waals surface area contributed by atoms with Gasteiger partial charge >= 0.3 is 0 Å². The third kappa shape index (κ3) is 1.75. The Labute approximate surface area is 115 Å². The highest BCUT2D eigenvalue weighted by Crippen LogP contribution is 2.43. The van der Waals surface area contributed by atoms with Gasteiger partial charge in [-0.1, -0.05) is 12.2 Å². The molecule has 108 valence electrons. The summed E-state index contributed by atoms with van der Waals surface area (Å²) in [5, 5.41) is 29.7. The van der Waals surface area contributed by atoms with E-state index in [1.807, 2.05) is 6.08 Å². The Morgan fingerprint density at radius 2 is 2.20 bits per heavy atom. The van der Waals surface area contributed by atoms with Gasteiger partial charge in [0.15, 0.2) is 0 Å². The molecule has 1 aliphatic heterocycles. The minimum absolute atomic E-state index is 0.337. The fourth-order valence-corrected chi connectivity index (χ4v) is 2.93. The van der Waals surface area contributed by atoms with Crippen LogP contribution in [0.15, 0.2) is 12.4 Å². The van der Waals surface area contributed by atoms with Crippen molar-refractivity contribution in [3.05, 3.63) is 23.7 Å². The highest BCUT2D eigenvalue weighted by atomic mass is 16.6. The third-order valence-electron chi connectivity index (χ3n) is 4.09. The lowest BCUT2D eigenvalue weighted by Crippen LogP contribution is -2.47. The monoisotopic (exact) mass is 279 g/mol. The van der Waals surface area contributed by atoms with Gasteiger partial charge in [0.25, 0.3) is 0 Å². The summed E-state index contributed by atoms with van der Waals surface area (Å²) in [4.78, 5) is 8.12. The normalized spacial score (nSPS) is 39.2. The standard InChI is InChI=1S/C13H17N3O4/c1-13(19)10(18)8(4-17)20-11(13)6-2-3-7-9(6)15-5-16-12(7)14/h2-3,5-6,8,10-11,17-19H,4H2,1H3,(H2,14,15,16)/t6?,8-,10+,11+,13?/m1/s1. The Morgan fingerprint density at radius 3 is 2.85 bits per heavy atom. The number of aliphatic hydroxyl groups is 3. The van der Waals surface area contributed by atoms with E-state index in [1.54, 1.807) is 6.08 Å². The Bertz CT molecular complexity index is 561. The molecule has 0 aromatic carbocycles. The minimum Gasteiger partial charge on any atom is -0.394 e. The first-order chi connectivity index (χ1) is 9.46. The number of fused-ring (bicyclic) bond motifs is 1. The topological polar surface area (TPSA) is 122 Å². The summed E-state index contributed by atoms with van der Waals surface area (Å²) in [6.45, 7) is 1.14. The zero-order chi connectivity index (χ0) is 14.5. The van der Waals surface area contributed by atoms with Gasteiger partial charge in [-0.25, -0.2) is 9.97 Å². The van der Waals surface area contributed by atoms with Crippen molar-refractivity contribution in [3.8, 4) is 0 Å². The highest BCUT2D eigenvalue weighted by Gasteiger charge is 2.55. The number of nitrogens with zero attached hydrogens (tertiary/aromatic N) is 2. The summed E-state index contributed by atoms with van der Waals surface area (Å²) >= 11 is 0. The van der Waals surface area contributed by atoms with Gasteiger partial charge in [0.2, 0.25) is 0 Å². The van der Waals surface area contributed by atoms with Crippen LogP contribution in [-0.2, 0) is 4.74 Å². The van der Waals surface area contributed by atoms with Crippen LogP contribution < -0.4 is 5.73 Å². The van der Waals surface area contributed by atoms with Gasteiger partial charge in [-0.3, -0.25) is 0 Å². The molecular weight excluding hydrogens is 262 g/mol. The van der Waals surface area contributed by atoms with Gasteiger partial charge in [-0.05, 0) is 6.92 Å². The second kappa shape index (κ2) is 4.49. The lowest BCUT2D eigenvalue weighted by molar-refractivity contribution is -0.0674. The maximum Gasteiger partial charge on any atom is 0.134 e. The van der Waals surface area contributed by atoms with Crippen LogP contribution >= 0.6 is 0 Å². The summed E-state index contributed by atoms with van der Waals surface area (Å²) in [5.41, 5.74) is 5.67. The predicted molar refractivity (Wildman–Crippen MR) is 70.6 cm³/mol. The Hall–Kier alpha value is -1.54. The predicted octanol–water partition coefficient (Wildman–Crippen LogP) is -0.959. The second-order valence-corrected chi connectivity index (χ2v) is 5.39. The molecule has 1 aromatic rings. The van der Waals surface area contributed by atoms with Crippen LogP contribution in [0.1, 0.15) is 24.1 Å². The molecule has 3 rings (SSSR count). The van der Waals surface area contributed by atoms with Gasteiger partial charge in [0, 0.05) is 11.5 Å². The molecule has 20 heavy (non-hydrogen) atoms. The molecule has 1 fully saturated rings. The van der Waals surface area contributed by atoms with E-state index in [0.29, 0.717) is 17.1 Å². The first-order valence-electron chi connectivity index (χ1n) is 6.42. The molecule has 0 saturated carbocycles. The SMILES string of the molecule is CC1(O)[C@H](C2C=Cc3c(N)ncnc32)O[C@H](CO)[C@@H]1O. The van der Waals surface area contributed by atoms with Gasteiger partial charge in [0.1, 0.15) is 36.1 Å². The molecule has 5 atom stereocenters. The van der Waals surface area contributed by atoms with Crippen LogP contribution in [0, 0.1) is 0 Å². The van der Waals surface area contributed by atoms with Crippen molar-refractivity contribution < 1.29 is 20.1 Å². The maximum atomic E-state index is 10.5. The zero-order valence-electron chi connectivity index (χ0n) is 11.0. The van der Waals surface area contributed by atoms with Crippen LogP contribution in [0.25, 0.3) is 6.08 Å². The fraction of sp³-hybridized carbons (Fsp3) is 0.538. The molecule has 7 nitrogen and oxygen atoms in total. The van der Waals surface area contributed by atoms with Crippen LogP contribution in [0.2, 0.25) is 0 Å². The van der Waals surface area contributed by atoms with Crippen molar-refractivity contribution in [1.29, 1.82) is 0 Å². The average molecular weight is 279 g/mol. The van der Waals surface area contributed by atoms with Gasteiger partial charge in [0.05, 0.1) is 12.3 Å². The van der Waals surface area contributed by atoms with E-state index in [2.05, 4.69) is 9.97 Å². The number of hydrogen-bond acceptors (Lipinski definition) is 7. The smallest absolute Gasteiger partial charge is 0.134 e. The Morgan fingerprint density at radius 1 is 1.45 bits per heavy atom. The quantitative estimate of drug-likeness (QED) is 0.550. The van der Waals surface area contributed by atoms with Crippen LogP contribution in [0.3, 0.4) is 0 Å². The number of ether oxygens (including phenoxy) is 1. The molecule has 5 N–H and O–H groups in total. The van der Waals surface area contributed by atoms with Crippen molar-refractivity contribution in [2.24, 2.45) is 0 Å². The zero-order valence-corrected chi connectivity index (χ0v) is 11.0. The number of rotatable bonds is 2. The largest absolute Gasteiger partial charge is 0.394 e. The maximum absolute atomic E-state index is 10.5. The second-order valence-electron chi connectivity index (χ2n) is 5.39. The van der Waals surface area contributed by atoms with E-state index in [0.717, 1.165) is 0 Å². The number of nitrogen functional groups attached to an aromatic ring is 1. The number of aromatic nitrogens is 2. The molecule has 0 radical (unpaired) electrons. The molecule has 0 spiro atoms. The fourth-order valence-electron chi connectivity index (χ4n) is 2.93. The van der Waals surface area contributed by atoms with E-state index in [9.17, 15) is 15.3 Å². The number of aliphatic hydroxyl groups excluding tert-OH is 2. The van der Waals surface area contributed by atoms with Gasteiger partial charge in [-0.15, -0.1) is 0 Å². The molecule has 1 aliphatic carbocycles. The number of hydrogen-bond donors (Lipinski definition) is 4. The molecule has 2 unspecified atom stereocenters. The van der Waals surface area contributed by atoms with E-state index in [1.165, 1.54) is 13.3 Å². The Balaban J connectivity index is 1.97. The summed E-state index contributed by atoms with van der Waals surface area (Å²) in [7, 11) is 0. The molecule has 2 heterocycles. The van der Waals surface area contributed by atoms with Crippen molar-refractivity contribution in [2.45, 2.75) is 36.8 Å². The van der Waals surface area contributed by atoms with E-state index in [4.69, 9.17) is 10.5 Å². The summed E-state index contributed by atoms with van der Waals surface area (Å²) < 4.78 is 5.62. The summed E-state index contributed by atoms with van der Waals surface area (Å²) in [5.74, 6) is 0.0298.